The van der Waals surface area contributed by atoms with Crippen LogP contribution in [0.3, 0.4) is 0 Å². The topological polar surface area (TPSA) is 149 Å². The van der Waals surface area contributed by atoms with Crippen molar-refractivity contribution in [3.05, 3.63) is 45.8 Å². The second kappa shape index (κ2) is 8.24. The smallest absolute Gasteiger partial charge is 0.354 e. The number of aliphatic hydroxyl groups excluding tert-OH is 4. The van der Waals surface area contributed by atoms with Crippen LogP contribution in [-0.4, -0.2) is 38.5 Å². The van der Waals surface area contributed by atoms with Gasteiger partial charge < -0.3 is 35.9 Å². The molecule has 0 radical (unpaired) electrons. The Balaban J connectivity index is 2.82. The summed E-state index contributed by atoms with van der Waals surface area (Å²) in [5, 5.41) is 38.7. The molecule has 0 bridgehead atoms. The van der Waals surface area contributed by atoms with Gasteiger partial charge in [0.15, 0.2) is 0 Å². The van der Waals surface area contributed by atoms with Crippen molar-refractivity contribution in [2.45, 2.75) is 33.0 Å². The summed E-state index contributed by atoms with van der Waals surface area (Å²) in [6.45, 7) is -1.45. The van der Waals surface area contributed by atoms with E-state index in [2.05, 4.69) is 4.98 Å². The molecule has 0 aliphatic carbocycles. The number of aromatic amines is 1. The van der Waals surface area contributed by atoms with E-state index in [1.54, 1.807) is 12.1 Å². The molecule has 8 heteroatoms. The number of hydrogen-bond acceptors (Lipinski definition) is 7. The molecule has 0 spiro atoms. The average molecular weight is 350 g/mol. The van der Waals surface area contributed by atoms with Crippen LogP contribution in [0.1, 0.15) is 38.4 Å². The Morgan fingerprint density at radius 3 is 2.16 bits per heavy atom. The fourth-order valence-electron chi connectivity index (χ4n) is 3.01. The number of aliphatic hydroxyl groups is 4. The van der Waals surface area contributed by atoms with Crippen LogP contribution in [0.2, 0.25) is 0 Å². The Kier molecular flexibility index (Phi) is 6.29. The van der Waals surface area contributed by atoms with Gasteiger partial charge in [-0.3, -0.25) is 0 Å². The summed E-state index contributed by atoms with van der Waals surface area (Å²) < 4.78 is 4.72. The van der Waals surface area contributed by atoms with Crippen molar-refractivity contribution in [3.8, 4) is 11.1 Å². The zero-order valence-corrected chi connectivity index (χ0v) is 13.9. The highest BCUT2D eigenvalue weighted by Crippen LogP contribution is 2.36. The maximum absolute atomic E-state index is 12.0. The summed E-state index contributed by atoms with van der Waals surface area (Å²) in [4.78, 5) is 14.8. The number of methoxy groups -OCH3 is 1. The summed E-state index contributed by atoms with van der Waals surface area (Å²) in [5.41, 5.74) is 8.91. The Bertz CT molecular complexity index is 769. The molecule has 0 aliphatic heterocycles. The standard InChI is InChI=1S/C17H22N2O6/c1-25-17(24)16-13(8-23)15(14(4-18)19-16)10-3-2-9(5-20)11(6-21)12(10)7-22/h2-3,19-23H,4-8,18H2,1H3. The molecule has 0 fully saturated rings. The molecule has 0 saturated carbocycles. The lowest BCUT2D eigenvalue weighted by atomic mass is 9.90. The molecule has 0 saturated heterocycles. The number of benzene rings is 1. The van der Waals surface area contributed by atoms with E-state index in [-0.39, 0.29) is 25.5 Å². The molecule has 2 aromatic rings. The van der Waals surface area contributed by atoms with Gasteiger partial charge in [0.05, 0.1) is 33.5 Å². The number of carbonyl (C=O) groups excluding carboxylic acids is 1. The molecule has 2 rings (SSSR count). The Hall–Kier alpha value is -2.23. The van der Waals surface area contributed by atoms with E-state index in [9.17, 15) is 25.2 Å². The summed E-state index contributed by atoms with van der Waals surface area (Å²) in [6, 6.07) is 3.27. The number of esters is 1. The number of nitrogens with two attached hydrogens (primary N) is 1. The number of rotatable bonds is 7. The second-order valence-corrected chi connectivity index (χ2v) is 5.39. The third-order valence-electron chi connectivity index (χ3n) is 4.22. The normalized spacial score (nSPS) is 11.0. The Morgan fingerprint density at radius 2 is 1.68 bits per heavy atom. The van der Waals surface area contributed by atoms with Crippen LogP contribution in [0.15, 0.2) is 12.1 Å². The predicted octanol–water partition coefficient (Wildman–Crippen LogP) is -0.104. The van der Waals surface area contributed by atoms with E-state index in [0.717, 1.165) is 0 Å². The summed E-state index contributed by atoms with van der Waals surface area (Å²) in [6.07, 6.45) is 0. The maximum atomic E-state index is 12.0. The molecule has 0 atom stereocenters. The molecule has 1 heterocycles. The van der Waals surface area contributed by atoms with Crippen LogP contribution >= 0.6 is 0 Å². The SMILES string of the molecule is COC(=O)c1[nH]c(CN)c(-c2ccc(CO)c(CO)c2CO)c1CO. The van der Waals surface area contributed by atoms with Gasteiger partial charge in [0, 0.05) is 23.4 Å². The Labute approximate surface area is 144 Å². The van der Waals surface area contributed by atoms with Crippen molar-refractivity contribution in [2.75, 3.05) is 7.11 Å². The molecule has 0 unspecified atom stereocenters. The van der Waals surface area contributed by atoms with E-state index < -0.39 is 19.2 Å². The second-order valence-electron chi connectivity index (χ2n) is 5.39. The first-order valence-corrected chi connectivity index (χ1v) is 7.67. The predicted molar refractivity (Wildman–Crippen MR) is 89.2 cm³/mol. The van der Waals surface area contributed by atoms with E-state index in [1.807, 2.05) is 0 Å². The van der Waals surface area contributed by atoms with Crippen LogP contribution in [0, 0.1) is 0 Å². The monoisotopic (exact) mass is 350 g/mol. The molecule has 1 aromatic carbocycles. The lowest BCUT2D eigenvalue weighted by Gasteiger charge is -2.17. The van der Waals surface area contributed by atoms with Crippen molar-refractivity contribution < 1.29 is 30.0 Å². The molecule has 136 valence electrons. The highest BCUT2D eigenvalue weighted by atomic mass is 16.5. The van der Waals surface area contributed by atoms with Crippen LogP contribution in [0.5, 0.6) is 0 Å². The zero-order valence-electron chi connectivity index (χ0n) is 13.9. The highest BCUT2D eigenvalue weighted by Gasteiger charge is 2.25. The average Bonchev–Trinajstić information content (AvgIpc) is 3.04. The third-order valence-corrected chi connectivity index (χ3v) is 4.22. The number of aromatic nitrogens is 1. The molecular weight excluding hydrogens is 328 g/mol. The lowest BCUT2D eigenvalue weighted by Crippen LogP contribution is -2.06. The van der Waals surface area contributed by atoms with Crippen molar-refractivity contribution in [1.82, 2.24) is 4.98 Å². The van der Waals surface area contributed by atoms with Crippen molar-refractivity contribution in [2.24, 2.45) is 5.73 Å². The highest BCUT2D eigenvalue weighted by molar-refractivity contribution is 5.93. The minimum atomic E-state index is -0.648. The van der Waals surface area contributed by atoms with Gasteiger partial charge >= 0.3 is 5.97 Å². The first-order valence-electron chi connectivity index (χ1n) is 7.67. The lowest BCUT2D eigenvalue weighted by molar-refractivity contribution is 0.0591. The van der Waals surface area contributed by atoms with Gasteiger partial charge in [-0.25, -0.2) is 4.79 Å². The molecule has 0 amide bonds. The summed E-state index contributed by atoms with van der Waals surface area (Å²) in [7, 11) is 1.23. The van der Waals surface area contributed by atoms with E-state index in [0.29, 0.717) is 39.1 Å². The summed E-state index contributed by atoms with van der Waals surface area (Å²) >= 11 is 0. The van der Waals surface area contributed by atoms with Crippen LogP contribution < -0.4 is 5.73 Å². The first kappa shape index (κ1) is 19.1. The molecule has 0 aliphatic rings. The zero-order chi connectivity index (χ0) is 18.6. The molecule has 7 N–H and O–H groups in total. The fourth-order valence-corrected chi connectivity index (χ4v) is 3.01. The molecular formula is C17H22N2O6. The van der Waals surface area contributed by atoms with Gasteiger partial charge in [-0.05, 0) is 22.3 Å². The van der Waals surface area contributed by atoms with Gasteiger partial charge in [-0.15, -0.1) is 0 Å². The third kappa shape index (κ3) is 3.30. The first-order chi connectivity index (χ1) is 12.1. The Morgan fingerprint density at radius 1 is 1.04 bits per heavy atom. The van der Waals surface area contributed by atoms with Crippen molar-refractivity contribution >= 4 is 5.97 Å². The van der Waals surface area contributed by atoms with Gasteiger partial charge in [0.2, 0.25) is 0 Å². The van der Waals surface area contributed by atoms with Crippen LogP contribution in [-0.2, 0) is 37.7 Å². The molecule has 25 heavy (non-hydrogen) atoms. The van der Waals surface area contributed by atoms with Crippen LogP contribution in [0.4, 0.5) is 0 Å². The van der Waals surface area contributed by atoms with Gasteiger partial charge in [-0.2, -0.15) is 0 Å². The quantitative estimate of drug-likeness (QED) is 0.382. The largest absolute Gasteiger partial charge is 0.464 e. The maximum Gasteiger partial charge on any atom is 0.354 e. The summed E-state index contributed by atoms with van der Waals surface area (Å²) in [5.74, 6) is -0.648. The number of ether oxygens (including phenoxy) is 1. The number of hydrogen-bond donors (Lipinski definition) is 6. The van der Waals surface area contributed by atoms with Crippen molar-refractivity contribution in [1.29, 1.82) is 0 Å². The van der Waals surface area contributed by atoms with Gasteiger partial charge in [-0.1, -0.05) is 12.1 Å². The minimum absolute atomic E-state index is 0.0560. The van der Waals surface area contributed by atoms with E-state index >= 15 is 0 Å². The fraction of sp³-hybridized carbons (Fsp3) is 0.353. The minimum Gasteiger partial charge on any atom is -0.464 e. The molecule has 1 aromatic heterocycles. The number of H-pyrrole nitrogens is 1. The van der Waals surface area contributed by atoms with Gasteiger partial charge in [0.25, 0.3) is 0 Å². The van der Waals surface area contributed by atoms with E-state index in [1.165, 1.54) is 7.11 Å². The van der Waals surface area contributed by atoms with Crippen molar-refractivity contribution in [3.63, 3.8) is 0 Å². The van der Waals surface area contributed by atoms with Gasteiger partial charge in [0.1, 0.15) is 5.69 Å². The van der Waals surface area contributed by atoms with Crippen LogP contribution in [0.25, 0.3) is 11.1 Å². The molecule has 8 nitrogen and oxygen atoms in total. The number of nitrogens with one attached hydrogen (secondary N) is 1. The number of carbonyl (C=O) groups is 1. The van der Waals surface area contributed by atoms with E-state index in [4.69, 9.17) is 10.5 Å².